The summed E-state index contributed by atoms with van der Waals surface area (Å²) in [5.74, 6) is 1.51. The zero-order valence-electron chi connectivity index (χ0n) is 12.0. The lowest BCUT2D eigenvalue weighted by molar-refractivity contribution is 1.01. The van der Waals surface area contributed by atoms with E-state index in [4.69, 9.17) is 0 Å². The predicted octanol–water partition coefficient (Wildman–Crippen LogP) is 3.33. The van der Waals surface area contributed by atoms with Gasteiger partial charge in [0.15, 0.2) is 0 Å². The van der Waals surface area contributed by atoms with Gasteiger partial charge in [-0.05, 0) is 24.1 Å². The Hall–Kier alpha value is -2.62. The predicted molar refractivity (Wildman–Crippen MR) is 87.7 cm³/mol. The third-order valence-electron chi connectivity index (χ3n) is 3.38. The second-order valence-electron chi connectivity index (χ2n) is 4.83. The average molecular weight is 278 g/mol. The molecule has 0 fully saturated rings. The summed E-state index contributed by atoms with van der Waals surface area (Å²) in [4.78, 5) is 8.98. The minimum Gasteiger partial charge on any atom is -0.369 e. The van der Waals surface area contributed by atoms with Gasteiger partial charge in [0.25, 0.3) is 0 Å². The van der Waals surface area contributed by atoms with Crippen LogP contribution in [0.3, 0.4) is 0 Å². The van der Waals surface area contributed by atoms with Gasteiger partial charge in [-0.25, -0.2) is 4.98 Å². The summed E-state index contributed by atoms with van der Waals surface area (Å²) < 4.78 is 0. The average Bonchev–Trinajstić information content (AvgIpc) is 2.55. The van der Waals surface area contributed by atoms with Crippen molar-refractivity contribution in [2.45, 2.75) is 6.42 Å². The molecule has 0 aliphatic rings. The van der Waals surface area contributed by atoms with Crippen molar-refractivity contribution >= 4 is 22.7 Å². The normalized spacial score (nSPS) is 10.5. The second-order valence-corrected chi connectivity index (χ2v) is 4.83. The van der Waals surface area contributed by atoms with Gasteiger partial charge in [-0.15, -0.1) is 0 Å². The maximum Gasteiger partial charge on any atom is 0.224 e. The molecule has 0 amide bonds. The largest absolute Gasteiger partial charge is 0.369 e. The van der Waals surface area contributed by atoms with Crippen LogP contribution in [0.5, 0.6) is 0 Å². The molecule has 106 valence electrons. The van der Waals surface area contributed by atoms with Crippen molar-refractivity contribution in [3.63, 3.8) is 0 Å². The molecule has 0 unspecified atom stereocenters. The molecule has 0 radical (unpaired) electrons. The molecule has 3 aromatic rings. The van der Waals surface area contributed by atoms with Crippen molar-refractivity contribution in [1.82, 2.24) is 9.97 Å². The van der Waals surface area contributed by atoms with Crippen LogP contribution in [0, 0.1) is 0 Å². The van der Waals surface area contributed by atoms with Crippen LogP contribution < -0.4 is 10.6 Å². The van der Waals surface area contributed by atoms with Crippen LogP contribution in [-0.2, 0) is 6.42 Å². The van der Waals surface area contributed by atoms with Crippen molar-refractivity contribution in [2.24, 2.45) is 0 Å². The van der Waals surface area contributed by atoms with E-state index in [1.807, 2.05) is 37.4 Å². The zero-order chi connectivity index (χ0) is 14.5. The molecule has 4 nitrogen and oxygen atoms in total. The number of aromatic nitrogens is 2. The third kappa shape index (κ3) is 3.11. The third-order valence-corrected chi connectivity index (χ3v) is 3.38. The summed E-state index contributed by atoms with van der Waals surface area (Å²) >= 11 is 0. The maximum atomic E-state index is 4.52. The fourth-order valence-electron chi connectivity index (χ4n) is 2.29. The number of rotatable bonds is 5. The highest BCUT2D eigenvalue weighted by Gasteiger charge is 2.05. The number of nitrogens with zero attached hydrogens (tertiary/aromatic N) is 2. The van der Waals surface area contributed by atoms with Crippen LogP contribution >= 0.6 is 0 Å². The van der Waals surface area contributed by atoms with Crippen LogP contribution in [0.4, 0.5) is 11.8 Å². The topological polar surface area (TPSA) is 49.8 Å². The minimum absolute atomic E-state index is 0.635. The fraction of sp³-hybridized carbons (Fsp3) is 0.176. The Bertz CT molecular complexity index is 725. The number of anilines is 2. The summed E-state index contributed by atoms with van der Waals surface area (Å²) in [6, 6.07) is 18.5. The lowest BCUT2D eigenvalue weighted by atomic mass is 10.1. The molecule has 2 N–H and O–H groups in total. The highest BCUT2D eigenvalue weighted by Crippen LogP contribution is 2.21. The number of para-hydroxylation sites is 1. The van der Waals surface area contributed by atoms with Gasteiger partial charge in [-0.2, -0.15) is 4.98 Å². The van der Waals surface area contributed by atoms with Crippen LogP contribution in [0.15, 0.2) is 54.6 Å². The Kier molecular flexibility index (Phi) is 3.96. The van der Waals surface area contributed by atoms with E-state index < -0.39 is 0 Å². The molecular weight excluding hydrogens is 260 g/mol. The number of nitrogens with one attached hydrogen (secondary N) is 2. The van der Waals surface area contributed by atoms with E-state index in [0.717, 1.165) is 29.7 Å². The lowest BCUT2D eigenvalue weighted by Crippen LogP contribution is -2.08. The second kappa shape index (κ2) is 6.22. The molecule has 0 aliphatic carbocycles. The van der Waals surface area contributed by atoms with Crippen molar-refractivity contribution in [2.75, 3.05) is 24.2 Å². The van der Waals surface area contributed by atoms with E-state index in [2.05, 4.69) is 44.9 Å². The highest BCUT2D eigenvalue weighted by atomic mass is 15.1. The van der Waals surface area contributed by atoms with Gasteiger partial charge in [0.05, 0.1) is 5.52 Å². The van der Waals surface area contributed by atoms with Crippen LogP contribution in [0.2, 0.25) is 0 Å². The Morgan fingerprint density at radius 3 is 2.48 bits per heavy atom. The molecular formula is C17H18N4. The fourth-order valence-corrected chi connectivity index (χ4v) is 2.29. The van der Waals surface area contributed by atoms with E-state index in [9.17, 15) is 0 Å². The SMILES string of the molecule is CNc1nc(NCCc2ccccc2)c2ccccc2n1. The van der Waals surface area contributed by atoms with E-state index in [0.29, 0.717) is 5.95 Å². The number of hydrogen-bond acceptors (Lipinski definition) is 4. The quantitative estimate of drug-likeness (QED) is 0.751. The summed E-state index contributed by atoms with van der Waals surface area (Å²) in [6.45, 7) is 0.841. The number of hydrogen-bond donors (Lipinski definition) is 2. The molecule has 3 rings (SSSR count). The highest BCUT2D eigenvalue weighted by molar-refractivity contribution is 5.89. The van der Waals surface area contributed by atoms with Crippen molar-refractivity contribution < 1.29 is 0 Å². The Morgan fingerprint density at radius 2 is 1.67 bits per heavy atom. The van der Waals surface area contributed by atoms with E-state index >= 15 is 0 Å². The number of fused-ring (bicyclic) bond motifs is 1. The summed E-state index contributed by atoms with van der Waals surface area (Å²) in [5, 5.41) is 7.47. The molecule has 2 aromatic carbocycles. The Morgan fingerprint density at radius 1 is 0.905 bits per heavy atom. The van der Waals surface area contributed by atoms with Crippen molar-refractivity contribution in [3.8, 4) is 0 Å². The molecule has 0 bridgehead atoms. The lowest BCUT2D eigenvalue weighted by Gasteiger charge is -2.10. The molecule has 0 spiro atoms. The van der Waals surface area contributed by atoms with Gasteiger partial charge in [0.1, 0.15) is 5.82 Å². The molecule has 0 saturated heterocycles. The van der Waals surface area contributed by atoms with E-state index in [1.165, 1.54) is 5.56 Å². The van der Waals surface area contributed by atoms with Gasteiger partial charge in [0.2, 0.25) is 5.95 Å². The first-order valence-electron chi connectivity index (χ1n) is 7.09. The van der Waals surface area contributed by atoms with Gasteiger partial charge < -0.3 is 10.6 Å². The molecule has 1 heterocycles. The Labute approximate surface area is 124 Å². The van der Waals surface area contributed by atoms with Crippen LogP contribution in [0.25, 0.3) is 10.9 Å². The van der Waals surface area contributed by atoms with E-state index in [1.54, 1.807) is 0 Å². The molecule has 1 aromatic heterocycles. The van der Waals surface area contributed by atoms with Crippen molar-refractivity contribution in [1.29, 1.82) is 0 Å². The smallest absolute Gasteiger partial charge is 0.224 e. The van der Waals surface area contributed by atoms with Crippen LogP contribution in [0.1, 0.15) is 5.56 Å². The van der Waals surface area contributed by atoms with Gasteiger partial charge in [0, 0.05) is 19.0 Å². The molecule has 4 heteroatoms. The van der Waals surface area contributed by atoms with Gasteiger partial charge in [-0.3, -0.25) is 0 Å². The summed E-state index contributed by atoms with van der Waals surface area (Å²) in [6.07, 6.45) is 0.966. The molecule has 0 aliphatic heterocycles. The number of benzene rings is 2. The van der Waals surface area contributed by atoms with Crippen LogP contribution in [-0.4, -0.2) is 23.6 Å². The maximum absolute atomic E-state index is 4.52. The molecule has 0 saturated carbocycles. The van der Waals surface area contributed by atoms with Gasteiger partial charge in [-0.1, -0.05) is 42.5 Å². The van der Waals surface area contributed by atoms with Gasteiger partial charge >= 0.3 is 0 Å². The standard InChI is InChI=1S/C17H18N4/c1-18-17-20-15-10-6-5-9-14(15)16(21-17)19-12-11-13-7-3-2-4-8-13/h2-10H,11-12H2,1H3,(H2,18,19,20,21). The van der Waals surface area contributed by atoms with E-state index in [-0.39, 0.29) is 0 Å². The first kappa shape index (κ1) is 13.4. The molecule has 21 heavy (non-hydrogen) atoms. The minimum atomic E-state index is 0.635. The monoisotopic (exact) mass is 278 g/mol. The summed E-state index contributed by atoms with van der Waals surface area (Å²) in [7, 11) is 1.83. The summed E-state index contributed by atoms with van der Waals surface area (Å²) in [5.41, 5.74) is 2.26. The first-order chi connectivity index (χ1) is 10.4. The Balaban J connectivity index is 1.79. The molecule has 0 atom stereocenters. The first-order valence-corrected chi connectivity index (χ1v) is 7.09. The van der Waals surface area contributed by atoms with Crippen molar-refractivity contribution in [3.05, 3.63) is 60.2 Å². The zero-order valence-corrected chi connectivity index (χ0v) is 12.0.